The Balaban J connectivity index is 2.75. The van der Waals surface area contributed by atoms with Crippen LogP contribution in [0.1, 0.15) is 17.3 Å². The molecule has 0 aliphatic heterocycles. The molecule has 0 bridgehead atoms. The summed E-state index contributed by atoms with van der Waals surface area (Å²) in [7, 11) is 1.49. The molecule has 1 aromatic heterocycles. The van der Waals surface area contributed by atoms with Crippen molar-refractivity contribution in [3.63, 3.8) is 0 Å². The molecule has 0 spiro atoms. The lowest BCUT2D eigenvalue weighted by Gasteiger charge is -2.10. The fraction of sp³-hybridized carbons (Fsp3) is 0.231. The number of hydrogen-bond donors (Lipinski definition) is 2. The van der Waals surface area contributed by atoms with Crippen LogP contribution in [0.5, 0.6) is 11.5 Å². The molecule has 0 aliphatic carbocycles. The maximum Gasteiger partial charge on any atom is 0.341 e. The highest BCUT2D eigenvalue weighted by Crippen LogP contribution is 2.30. The smallest absolute Gasteiger partial charge is 0.341 e. The Morgan fingerprint density at radius 1 is 1.37 bits per heavy atom. The van der Waals surface area contributed by atoms with E-state index >= 15 is 0 Å². The van der Waals surface area contributed by atoms with Crippen LogP contribution < -0.4 is 14.9 Å². The summed E-state index contributed by atoms with van der Waals surface area (Å²) in [5.41, 5.74) is -0.361. The molecule has 0 fully saturated rings. The van der Waals surface area contributed by atoms with E-state index in [2.05, 4.69) is 4.98 Å². The Labute approximate surface area is 108 Å². The van der Waals surface area contributed by atoms with Gasteiger partial charge < -0.3 is 19.6 Å². The van der Waals surface area contributed by atoms with E-state index in [-0.39, 0.29) is 10.9 Å². The summed E-state index contributed by atoms with van der Waals surface area (Å²) in [6, 6.07) is 3.09. The molecule has 6 heteroatoms. The van der Waals surface area contributed by atoms with E-state index in [0.717, 1.165) is 0 Å². The standard InChI is InChI=1S/C13H13NO5/c1-3-19-11-4-7-9(5-10(11)18-2)14-6-8(12(7)15)13(16)17/h4-6H,3H2,1-2H3,(H,14,15)(H,16,17). The molecule has 0 aliphatic rings. The van der Waals surface area contributed by atoms with Crippen molar-refractivity contribution in [1.82, 2.24) is 4.98 Å². The maximum atomic E-state index is 12.0. The van der Waals surface area contributed by atoms with Crippen LogP contribution in [0.4, 0.5) is 0 Å². The molecule has 0 radical (unpaired) electrons. The molecule has 0 saturated heterocycles. The molecule has 1 heterocycles. The third-order valence-electron chi connectivity index (χ3n) is 2.70. The lowest BCUT2D eigenvalue weighted by atomic mass is 10.1. The van der Waals surface area contributed by atoms with Gasteiger partial charge in [-0.3, -0.25) is 4.79 Å². The van der Waals surface area contributed by atoms with Crippen molar-refractivity contribution in [2.24, 2.45) is 0 Å². The molecule has 19 heavy (non-hydrogen) atoms. The number of carboxylic acids is 1. The van der Waals surface area contributed by atoms with Gasteiger partial charge in [0.1, 0.15) is 5.56 Å². The number of H-pyrrole nitrogens is 1. The van der Waals surface area contributed by atoms with E-state index in [0.29, 0.717) is 23.6 Å². The molecular formula is C13H13NO5. The van der Waals surface area contributed by atoms with E-state index < -0.39 is 11.4 Å². The topological polar surface area (TPSA) is 88.6 Å². The molecule has 2 N–H and O–H groups in total. The number of carboxylic acid groups (broad SMARTS) is 1. The summed E-state index contributed by atoms with van der Waals surface area (Å²) in [4.78, 5) is 25.7. The van der Waals surface area contributed by atoms with Gasteiger partial charge in [0.15, 0.2) is 11.5 Å². The van der Waals surface area contributed by atoms with Gasteiger partial charge in [-0.25, -0.2) is 4.79 Å². The Hall–Kier alpha value is -2.50. The molecule has 2 aromatic rings. The highest BCUT2D eigenvalue weighted by Gasteiger charge is 2.14. The van der Waals surface area contributed by atoms with Crippen LogP contribution >= 0.6 is 0 Å². The van der Waals surface area contributed by atoms with Gasteiger partial charge in [0.05, 0.1) is 24.6 Å². The van der Waals surface area contributed by atoms with Crippen molar-refractivity contribution in [2.75, 3.05) is 13.7 Å². The number of aromatic carboxylic acids is 1. The second-order valence-corrected chi connectivity index (χ2v) is 3.82. The molecule has 2 rings (SSSR count). The number of rotatable bonds is 4. The first-order valence-electron chi connectivity index (χ1n) is 5.68. The Morgan fingerprint density at radius 3 is 2.68 bits per heavy atom. The van der Waals surface area contributed by atoms with Crippen molar-refractivity contribution in [2.45, 2.75) is 6.92 Å². The molecule has 0 unspecified atom stereocenters. The number of hydrogen-bond acceptors (Lipinski definition) is 4. The van der Waals surface area contributed by atoms with E-state index in [1.807, 2.05) is 6.92 Å². The Bertz CT molecular complexity index is 689. The fourth-order valence-corrected chi connectivity index (χ4v) is 1.81. The van der Waals surface area contributed by atoms with Crippen LogP contribution in [-0.2, 0) is 0 Å². The summed E-state index contributed by atoms with van der Waals surface area (Å²) < 4.78 is 10.5. The number of methoxy groups -OCH3 is 1. The third-order valence-corrected chi connectivity index (χ3v) is 2.70. The SMILES string of the molecule is CCOc1cc2c(=O)c(C(=O)O)c[nH]c2cc1OC. The van der Waals surface area contributed by atoms with Crippen molar-refractivity contribution in [1.29, 1.82) is 0 Å². The second-order valence-electron chi connectivity index (χ2n) is 3.82. The average molecular weight is 263 g/mol. The quantitative estimate of drug-likeness (QED) is 0.875. The molecular weight excluding hydrogens is 250 g/mol. The highest BCUT2D eigenvalue weighted by molar-refractivity contribution is 5.93. The van der Waals surface area contributed by atoms with E-state index in [9.17, 15) is 9.59 Å². The maximum absolute atomic E-state index is 12.0. The zero-order valence-electron chi connectivity index (χ0n) is 10.5. The van der Waals surface area contributed by atoms with Crippen LogP contribution in [0.3, 0.4) is 0 Å². The molecule has 0 amide bonds. The number of carbonyl (C=O) groups is 1. The summed E-state index contributed by atoms with van der Waals surface area (Å²) in [6.07, 6.45) is 1.17. The Morgan fingerprint density at radius 2 is 2.11 bits per heavy atom. The lowest BCUT2D eigenvalue weighted by Crippen LogP contribution is -2.15. The van der Waals surface area contributed by atoms with Crippen molar-refractivity contribution in [3.8, 4) is 11.5 Å². The van der Waals surface area contributed by atoms with Crippen LogP contribution in [0, 0.1) is 0 Å². The minimum absolute atomic E-state index is 0.254. The number of pyridine rings is 1. The summed E-state index contributed by atoms with van der Waals surface area (Å²) >= 11 is 0. The third kappa shape index (κ3) is 2.24. The van der Waals surface area contributed by atoms with Gasteiger partial charge in [0.2, 0.25) is 5.43 Å². The zero-order valence-corrected chi connectivity index (χ0v) is 10.5. The molecule has 0 atom stereocenters. The molecule has 1 aromatic carbocycles. The number of ether oxygens (including phenoxy) is 2. The monoisotopic (exact) mass is 263 g/mol. The predicted octanol–water partition coefficient (Wildman–Crippen LogP) is 1.63. The van der Waals surface area contributed by atoms with E-state index in [1.165, 1.54) is 19.4 Å². The van der Waals surface area contributed by atoms with Gasteiger partial charge in [-0.15, -0.1) is 0 Å². The van der Waals surface area contributed by atoms with Crippen molar-refractivity contribution >= 4 is 16.9 Å². The van der Waals surface area contributed by atoms with Gasteiger partial charge in [-0.05, 0) is 13.0 Å². The molecule has 6 nitrogen and oxygen atoms in total. The highest BCUT2D eigenvalue weighted by atomic mass is 16.5. The predicted molar refractivity (Wildman–Crippen MR) is 69.2 cm³/mol. The minimum Gasteiger partial charge on any atom is -0.493 e. The van der Waals surface area contributed by atoms with E-state index in [4.69, 9.17) is 14.6 Å². The first-order chi connectivity index (χ1) is 9.08. The van der Waals surface area contributed by atoms with Gasteiger partial charge >= 0.3 is 5.97 Å². The summed E-state index contributed by atoms with van der Waals surface area (Å²) in [5.74, 6) is -0.379. The van der Waals surface area contributed by atoms with Gasteiger partial charge in [-0.2, -0.15) is 0 Å². The van der Waals surface area contributed by atoms with Gasteiger partial charge in [-0.1, -0.05) is 0 Å². The zero-order chi connectivity index (χ0) is 14.0. The number of benzene rings is 1. The molecule has 0 saturated carbocycles. The lowest BCUT2D eigenvalue weighted by molar-refractivity contribution is 0.0695. The number of nitrogens with one attached hydrogen (secondary N) is 1. The van der Waals surface area contributed by atoms with Crippen LogP contribution in [0.2, 0.25) is 0 Å². The average Bonchev–Trinajstić information content (AvgIpc) is 2.39. The van der Waals surface area contributed by atoms with Crippen LogP contribution in [-0.4, -0.2) is 29.8 Å². The second kappa shape index (κ2) is 5.01. The van der Waals surface area contributed by atoms with Crippen LogP contribution in [0.25, 0.3) is 10.9 Å². The van der Waals surface area contributed by atoms with E-state index in [1.54, 1.807) is 6.07 Å². The molecule has 100 valence electrons. The first kappa shape index (κ1) is 12.9. The summed E-state index contributed by atoms with van der Waals surface area (Å²) in [6.45, 7) is 2.22. The first-order valence-corrected chi connectivity index (χ1v) is 5.68. The normalized spacial score (nSPS) is 10.4. The van der Waals surface area contributed by atoms with Gasteiger partial charge in [0.25, 0.3) is 0 Å². The van der Waals surface area contributed by atoms with Crippen molar-refractivity contribution in [3.05, 3.63) is 34.1 Å². The van der Waals surface area contributed by atoms with Crippen LogP contribution in [0.15, 0.2) is 23.1 Å². The number of fused-ring (bicyclic) bond motifs is 1. The summed E-state index contributed by atoms with van der Waals surface area (Å²) in [5, 5.41) is 9.18. The Kier molecular flexibility index (Phi) is 3.41. The fourth-order valence-electron chi connectivity index (χ4n) is 1.81. The van der Waals surface area contributed by atoms with Crippen molar-refractivity contribution < 1.29 is 19.4 Å². The number of aromatic amines is 1. The van der Waals surface area contributed by atoms with Gasteiger partial charge in [0, 0.05) is 12.3 Å². The minimum atomic E-state index is -1.27. The number of aromatic nitrogens is 1. The largest absolute Gasteiger partial charge is 0.493 e.